The van der Waals surface area contributed by atoms with E-state index >= 15 is 0 Å². The second-order valence-corrected chi connectivity index (χ2v) is 8.58. The number of fused-ring (bicyclic) bond motifs is 1. The predicted molar refractivity (Wildman–Crippen MR) is 94.5 cm³/mol. The topological polar surface area (TPSA) is 57.7 Å². The third-order valence-electron chi connectivity index (χ3n) is 4.52. The van der Waals surface area contributed by atoms with Gasteiger partial charge in [-0.2, -0.15) is 0 Å². The molecule has 4 rings (SSSR count). The highest BCUT2D eigenvalue weighted by Gasteiger charge is 2.54. The van der Waals surface area contributed by atoms with Gasteiger partial charge in [0.25, 0.3) is 0 Å². The van der Waals surface area contributed by atoms with E-state index in [-0.39, 0.29) is 17.5 Å². The van der Waals surface area contributed by atoms with E-state index in [2.05, 4.69) is 0 Å². The Morgan fingerprint density at radius 2 is 1.46 bits per heavy atom. The van der Waals surface area contributed by atoms with Gasteiger partial charge >= 0.3 is 6.03 Å². The minimum absolute atomic E-state index is 0.0285. The fourth-order valence-corrected chi connectivity index (χ4v) is 5.67. The number of carbonyl (C=O) groups excluding carboxylic acids is 1. The molecular weight excluding hydrogens is 348 g/mol. The quantitative estimate of drug-likeness (QED) is 0.772. The van der Waals surface area contributed by atoms with Gasteiger partial charge in [-0.05, 0) is 24.3 Å². The Labute approximate surface area is 145 Å². The van der Waals surface area contributed by atoms with Crippen LogP contribution in [0.1, 0.15) is 0 Å². The zero-order chi connectivity index (χ0) is 16.9. The third kappa shape index (κ3) is 2.37. The molecule has 2 aromatic rings. The highest BCUT2D eigenvalue weighted by Crippen LogP contribution is 2.39. The van der Waals surface area contributed by atoms with E-state index in [1.807, 2.05) is 30.3 Å². The van der Waals surface area contributed by atoms with Crippen molar-refractivity contribution in [1.29, 1.82) is 0 Å². The van der Waals surface area contributed by atoms with Crippen molar-refractivity contribution in [2.45, 2.75) is 12.1 Å². The van der Waals surface area contributed by atoms with Gasteiger partial charge in [0.2, 0.25) is 0 Å². The van der Waals surface area contributed by atoms with Crippen molar-refractivity contribution >= 4 is 38.8 Å². The number of halogens is 1. The van der Waals surface area contributed by atoms with Crippen molar-refractivity contribution in [2.75, 3.05) is 21.3 Å². The van der Waals surface area contributed by atoms with Gasteiger partial charge in [0.05, 0.1) is 34.3 Å². The summed E-state index contributed by atoms with van der Waals surface area (Å²) in [4.78, 5) is 16.2. The molecule has 124 valence electrons. The summed E-state index contributed by atoms with van der Waals surface area (Å²) in [6, 6.07) is 15.1. The number of urea groups is 1. The molecule has 2 aliphatic rings. The Kier molecular flexibility index (Phi) is 3.54. The number of anilines is 2. The van der Waals surface area contributed by atoms with Gasteiger partial charge in [-0.3, -0.25) is 9.80 Å². The molecule has 0 aromatic heterocycles. The molecule has 0 radical (unpaired) electrons. The molecule has 2 atom stereocenters. The molecule has 2 fully saturated rings. The predicted octanol–water partition coefficient (Wildman–Crippen LogP) is 2.95. The van der Waals surface area contributed by atoms with Crippen LogP contribution in [0.4, 0.5) is 16.2 Å². The van der Waals surface area contributed by atoms with Crippen molar-refractivity contribution in [3.05, 3.63) is 59.6 Å². The van der Waals surface area contributed by atoms with Gasteiger partial charge < -0.3 is 0 Å². The van der Waals surface area contributed by atoms with Crippen LogP contribution in [-0.4, -0.2) is 38.0 Å². The van der Waals surface area contributed by atoms with Gasteiger partial charge in [-0.25, -0.2) is 13.2 Å². The summed E-state index contributed by atoms with van der Waals surface area (Å²) in [5.41, 5.74) is 1.25. The van der Waals surface area contributed by atoms with Crippen molar-refractivity contribution < 1.29 is 13.2 Å². The first-order chi connectivity index (χ1) is 11.5. The van der Waals surface area contributed by atoms with Crippen LogP contribution in [-0.2, 0) is 9.84 Å². The van der Waals surface area contributed by atoms with E-state index in [1.165, 1.54) is 4.90 Å². The van der Waals surface area contributed by atoms with E-state index in [0.717, 1.165) is 0 Å². The molecule has 5 nitrogen and oxygen atoms in total. The van der Waals surface area contributed by atoms with E-state index in [0.29, 0.717) is 16.4 Å². The number of hydrogen-bond donors (Lipinski definition) is 0. The lowest BCUT2D eigenvalue weighted by molar-refractivity contribution is 0.255. The molecule has 7 heteroatoms. The molecule has 0 unspecified atom stereocenters. The van der Waals surface area contributed by atoms with Crippen LogP contribution in [0, 0.1) is 0 Å². The van der Waals surface area contributed by atoms with Gasteiger partial charge in [0.15, 0.2) is 9.84 Å². The number of carbonyl (C=O) groups is 1. The average Bonchev–Trinajstić information content (AvgIpc) is 2.98. The molecule has 24 heavy (non-hydrogen) atoms. The number of rotatable bonds is 2. The van der Waals surface area contributed by atoms with E-state index in [4.69, 9.17) is 11.6 Å². The fraction of sp³-hybridized carbons (Fsp3) is 0.235. The monoisotopic (exact) mass is 362 g/mol. The minimum atomic E-state index is -3.20. The van der Waals surface area contributed by atoms with Crippen LogP contribution in [0.2, 0.25) is 5.02 Å². The van der Waals surface area contributed by atoms with Crippen molar-refractivity contribution in [3.63, 3.8) is 0 Å². The summed E-state index contributed by atoms with van der Waals surface area (Å²) >= 11 is 6.26. The lowest BCUT2D eigenvalue weighted by atomic mass is 10.1. The molecular formula is C17H15ClN2O3S. The van der Waals surface area contributed by atoms with Crippen LogP contribution in [0.5, 0.6) is 0 Å². The maximum Gasteiger partial charge on any atom is 0.329 e. The number of amides is 2. The highest BCUT2D eigenvalue weighted by atomic mass is 35.5. The van der Waals surface area contributed by atoms with E-state index in [1.54, 1.807) is 29.2 Å². The molecule has 0 aliphatic carbocycles. The van der Waals surface area contributed by atoms with Crippen LogP contribution in [0.25, 0.3) is 0 Å². The number of para-hydroxylation sites is 2. The van der Waals surface area contributed by atoms with Crippen LogP contribution in [0.3, 0.4) is 0 Å². The van der Waals surface area contributed by atoms with Crippen molar-refractivity contribution in [3.8, 4) is 0 Å². The Morgan fingerprint density at radius 3 is 2.12 bits per heavy atom. The van der Waals surface area contributed by atoms with Gasteiger partial charge in [0, 0.05) is 5.69 Å². The first-order valence-electron chi connectivity index (χ1n) is 7.60. The molecule has 2 aliphatic heterocycles. The Hall–Kier alpha value is -2.05. The maximum absolute atomic E-state index is 13.1. The van der Waals surface area contributed by atoms with Gasteiger partial charge in [-0.1, -0.05) is 41.9 Å². The number of sulfone groups is 1. The first kappa shape index (κ1) is 15.5. The molecule has 2 aromatic carbocycles. The highest BCUT2D eigenvalue weighted by molar-refractivity contribution is 7.91. The number of hydrogen-bond acceptors (Lipinski definition) is 3. The minimum Gasteiger partial charge on any atom is -0.288 e. The summed E-state index contributed by atoms with van der Waals surface area (Å²) in [6.45, 7) is 0. The van der Waals surface area contributed by atoms with Crippen LogP contribution < -0.4 is 9.80 Å². The van der Waals surface area contributed by atoms with Crippen molar-refractivity contribution in [1.82, 2.24) is 0 Å². The maximum atomic E-state index is 13.1. The van der Waals surface area contributed by atoms with E-state index in [9.17, 15) is 13.2 Å². The zero-order valence-corrected chi connectivity index (χ0v) is 14.2. The van der Waals surface area contributed by atoms with Crippen LogP contribution in [0.15, 0.2) is 54.6 Å². The number of nitrogens with zero attached hydrogens (tertiary/aromatic N) is 2. The summed E-state index contributed by atoms with van der Waals surface area (Å²) in [5.74, 6) is -0.0722. The lowest BCUT2D eigenvalue weighted by Gasteiger charge is -2.23. The third-order valence-corrected chi connectivity index (χ3v) is 6.53. The van der Waals surface area contributed by atoms with Gasteiger partial charge in [-0.15, -0.1) is 0 Å². The first-order valence-corrected chi connectivity index (χ1v) is 9.80. The van der Waals surface area contributed by atoms with Gasteiger partial charge in [0.1, 0.15) is 0 Å². The second-order valence-electron chi connectivity index (χ2n) is 6.02. The van der Waals surface area contributed by atoms with E-state index < -0.39 is 21.9 Å². The molecule has 2 saturated heterocycles. The normalized spacial score (nSPS) is 25.1. The Bertz CT molecular complexity index is 901. The summed E-state index contributed by atoms with van der Waals surface area (Å²) < 4.78 is 24.4. The molecule has 2 amide bonds. The molecule has 0 saturated carbocycles. The lowest BCUT2D eigenvalue weighted by Crippen LogP contribution is -2.38. The molecule has 2 heterocycles. The second kappa shape index (κ2) is 5.50. The SMILES string of the molecule is O=C1N(c2ccccc2)[C@H]2CS(=O)(=O)C[C@@H]2N1c1ccccc1Cl. The van der Waals surface area contributed by atoms with Crippen molar-refractivity contribution in [2.24, 2.45) is 0 Å². The number of benzene rings is 2. The largest absolute Gasteiger partial charge is 0.329 e. The van der Waals surface area contributed by atoms with Crippen LogP contribution >= 0.6 is 11.6 Å². The standard InChI is InChI=1S/C17H15ClN2O3S/c18-13-8-4-5-9-14(13)20-16-11-24(22,23)10-15(16)19(17(20)21)12-6-2-1-3-7-12/h1-9,15-16H,10-11H2/t15-,16-/m0/s1. The Balaban J connectivity index is 1.84. The fourth-order valence-electron chi connectivity index (χ4n) is 3.52. The zero-order valence-electron chi connectivity index (χ0n) is 12.7. The smallest absolute Gasteiger partial charge is 0.288 e. The Morgan fingerprint density at radius 1 is 0.875 bits per heavy atom. The average molecular weight is 363 g/mol. The summed E-state index contributed by atoms with van der Waals surface area (Å²) in [5, 5.41) is 0.434. The molecule has 0 spiro atoms. The summed E-state index contributed by atoms with van der Waals surface area (Å²) in [6.07, 6.45) is 0. The molecule has 0 bridgehead atoms. The molecule has 0 N–H and O–H groups in total. The summed E-state index contributed by atoms with van der Waals surface area (Å²) in [7, 11) is -3.20.